The van der Waals surface area contributed by atoms with Gasteiger partial charge >= 0.3 is 12.2 Å². The summed E-state index contributed by atoms with van der Waals surface area (Å²) >= 11 is 0. The normalized spacial score (nSPS) is 15.3. The maximum absolute atomic E-state index is 12.8. The van der Waals surface area contributed by atoms with Crippen LogP contribution in [0.25, 0.3) is 11.1 Å². The fourth-order valence-corrected chi connectivity index (χ4v) is 3.92. The summed E-state index contributed by atoms with van der Waals surface area (Å²) in [5, 5.41) is 1.10. The van der Waals surface area contributed by atoms with Gasteiger partial charge in [-0.15, -0.1) is 0 Å². The molecule has 0 atom stereocenters. The minimum absolute atomic E-state index is 0.206. The second kappa shape index (κ2) is 10.8. The van der Waals surface area contributed by atoms with Gasteiger partial charge in [0.15, 0.2) is 0 Å². The highest BCUT2D eigenvalue weighted by molar-refractivity contribution is 5.98. The smallest absolute Gasteiger partial charge is 0.434 e. The molecule has 8 heteroatoms. The Kier molecular flexibility index (Phi) is 8.04. The Bertz CT molecular complexity index is 1080. The molecule has 0 aromatic heterocycles. The number of piperazine rings is 1. The second-order valence-corrected chi connectivity index (χ2v) is 9.39. The molecule has 0 bridgehead atoms. The molecule has 2 heterocycles. The number of aryl methyl sites for hydroxylation is 1. The van der Waals surface area contributed by atoms with Crippen LogP contribution in [0.2, 0.25) is 0 Å². The van der Waals surface area contributed by atoms with Crippen molar-refractivity contribution in [2.24, 2.45) is 0 Å². The van der Waals surface area contributed by atoms with E-state index in [1.165, 1.54) is 4.90 Å². The van der Waals surface area contributed by atoms with Crippen LogP contribution in [-0.4, -0.2) is 64.7 Å². The van der Waals surface area contributed by atoms with Crippen LogP contribution < -0.4 is 0 Å². The van der Waals surface area contributed by atoms with Gasteiger partial charge in [-0.3, -0.25) is 4.79 Å². The van der Waals surface area contributed by atoms with Gasteiger partial charge in [0, 0.05) is 31.7 Å². The number of hydrogen-bond donors (Lipinski definition) is 0. The summed E-state index contributed by atoms with van der Waals surface area (Å²) in [7, 11) is 0. The summed E-state index contributed by atoms with van der Waals surface area (Å²) in [6.45, 7) is 13.0. The van der Waals surface area contributed by atoms with E-state index in [2.05, 4.69) is 6.07 Å². The topological polar surface area (TPSA) is 79.4 Å². The van der Waals surface area contributed by atoms with Crippen molar-refractivity contribution in [1.82, 2.24) is 14.9 Å². The summed E-state index contributed by atoms with van der Waals surface area (Å²) in [6, 6.07) is 13.8. The van der Waals surface area contributed by atoms with Gasteiger partial charge in [0.05, 0.1) is 6.54 Å². The van der Waals surface area contributed by atoms with E-state index in [1.54, 1.807) is 11.0 Å². The Morgan fingerprint density at radius 2 is 1.46 bits per heavy atom. The molecule has 0 unspecified atom stereocenters. The van der Waals surface area contributed by atoms with Crippen molar-refractivity contribution >= 4 is 18.1 Å². The summed E-state index contributed by atoms with van der Waals surface area (Å²) in [5.74, 6) is -0.332. The molecule has 1 saturated heterocycles. The largest absolute Gasteiger partial charge is 0.444 e. The summed E-state index contributed by atoms with van der Waals surface area (Å²) in [4.78, 5) is 46.1. The molecule has 188 valence electrons. The first-order valence-electron chi connectivity index (χ1n) is 12.1. The molecule has 2 aliphatic rings. The molecule has 0 radical (unpaired) electrons. The Morgan fingerprint density at radius 1 is 0.857 bits per heavy atom. The average Bonchev–Trinajstić information content (AvgIpc) is 3.13. The Labute approximate surface area is 207 Å². The van der Waals surface area contributed by atoms with Crippen molar-refractivity contribution in [2.75, 3.05) is 26.2 Å². The first-order valence-corrected chi connectivity index (χ1v) is 12.1. The fraction of sp³-hybridized carbons (Fsp3) is 0.444. The third kappa shape index (κ3) is 6.32. The van der Waals surface area contributed by atoms with Crippen molar-refractivity contribution in [2.45, 2.75) is 53.7 Å². The zero-order valence-electron chi connectivity index (χ0n) is 21.5. The Morgan fingerprint density at radius 3 is 2.06 bits per heavy atom. The van der Waals surface area contributed by atoms with Gasteiger partial charge in [0.25, 0.3) is 5.91 Å². The highest BCUT2D eigenvalue weighted by Gasteiger charge is 2.34. The van der Waals surface area contributed by atoms with E-state index in [4.69, 9.17) is 9.57 Å². The Balaban J connectivity index is 0.00000167. The molecule has 2 aromatic carbocycles. The first kappa shape index (κ1) is 26.1. The van der Waals surface area contributed by atoms with Crippen LogP contribution in [0.15, 0.2) is 42.5 Å². The number of fused-ring (bicyclic) bond motifs is 1. The quantitative estimate of drug-likeness (QED) is 0.585. The molecular weight excluding hydrogens is 446 g/mol. The number of amides is 3. The molecule has 2 aromatic rings. The van der Waals surface area contributed by atoms with E-state index in [9.17, 15) is 14.4 Å². The maximum Gasteiger partial charge on any atom is 0.434 e. The molecule has 0 spiro atoms. The minimum atomic E-state index is -0.598. The summed E-state index contributed by atoms with van der Waals surface area (Å²) in [6.07, 6.45) is -0.996. The van der Waals surface area contributed by atoms with E-state index in [-0.39, 0.29) is 12.5 Å². The van der Waals surface area contributed by atoms with Crippen LogP contribution in [0.3, 0.4) is 0 Å². The molecule has 2 aliphatic heterocycles. The fourth-order valence-electron chi connectivity index (χ4n) is 3.92. The SMILES string of the molecule is CC.Cc1cccc(-c2ccc3c(c2)CN(OC(=O)N2CCN(C(=O)OC(C)(C)C)CC2)C3=O)c1. The van der Waals surface area contributed by atoms with Gasteiger partial charge in [-0.25, -0.2) is 9.59 Å². The predicted molar refractivity (Wildman–Crippen MR) is 134 cm³/mol. The Hall–Kier alpha value is -3.55. The molecule has 1 fully saturated rings. The van der Waals surface area contributed by atoms with Crippen molar-refractivity contribution < 1.29 is 24.0 Å². The third-order valence-electron chi connectivity index (χ3n) is 5.61. The van der Waals surface area contributed by atoms with Gasteiger partial charge < -0.3 is 19.4 Å². The van der Waals surface area contributed by atoms with Gasteiger partial charge in [-0.1, -0.05) is 49.7 Å². The van der Waals surface area contributed by atoms with Gasteiger partial charge in [-0.2, -0.15) is 5.06 Å². The number of nitrogens with zero attached hydrogens (tertiary/aromatic N) is 3. The summed E-state index contributed by atoms with van der Waals surface area (Å²) < 4.78 is 5.38. The van der Waals surface area contributed by atoms with Gasteiger partial charge in [0.2, 0.25) is 0 Å². The summed E-state index contributed by atoms with van der Waals surface area (Å²) in [5.41, 5.74) is 4.03. The van der Waals surface area contributed by atoms with E-state index >= 15 is 0 Å². The standard InChI is InChI=1S/C25H29N3O5.C2H6/c1-17-6-5-7-18(14-17)19-8-9-21-20(15-19)16-28(22(21)29)33-24(31)27-12-10-26(11-13-27)23(30)32-25(2,3)4;1-2/h5-9,14-15H,10-13,16H2,1-4H3;1-2H3. The monoisotopic (exact) mass is 481 g/mol. The van der Waals surface area contributed by atoms with E-state index in [1.807, 2.05) is 71.9 Å². The molecule has 0 aliphatic carbocycles. The number of carbonyl (C=O) groups excluding carboxylic acids is 3. The molecular formula is C27H35N3O5. The average molecular weight is 482 g/mol. The van der Waals surface area contributed by atoms with Crippen molar-refractivity contribution in [3.8, 4) is 11.1 Å². The lowest BCUT2D eigenvalue weighted by Gasteiger charge is -2.35. The van der Waals surface area contributed by atoms with Crippen molar-refractivity contribution in [3.63, 3.8) is 0 Å². The highest BCUT2D eigenvalue weighted by atomic mass is 16.7. The third-order valence-corrected chi connectivity index (χ3v) is 5.61. The van der Waals surface area contributed by atoms with Crippen LogP contribution in [-0.2, 0) is 16.1 Å². The molecule has 0 N–H and O–H groups in total. The van der Waals surface area contributed by atoms with Gasteiger partial charge in [0.1, 0.15) is 5.60 Å². The lowest BCUT2D eigenvalue weighted by atomic mass is 9.99. The number of carbonyl (C=O) groups is 3. The van der Waals surface area contributed by atoms with Crippen LogP contribution in [0.5, 0.6) is 0 Å². The number of benzene rings is 2. The molecule has 3 amide bonds. The van der Waals surface area contributed by atoms with Crippen LogP contribution in [0.1, 0.15) is 56.1 Å². The predicted octanol–water partition coefficient (Wildman–Crippen LogP) is 5.25. The second-order valence-electron chi connectivity index (χ2n) is 9.39. The number of hydroxylamine groups is 2. The van der Waals surface area contributed by atoms with E-state index in [0.29, 0.717) is 31.7 Å². The van der Waals surface area contributed by atoms with Crippen LogP contribution in [0, 0.1) is 6.92 Å². The zero-order chi connectivity index (χ0) is 25.8. The van der Waals surface area contributed by atoms with E-state index < -0.39 is 17.8 Å². The van der Waals surface area contributed by atoms with E-state index in [0.717, 1.165) is 27.3 Å². The van der Waals surface area contributed by atoms with Crippen LogP contribution >= 0.6 is 0 Å². The lowest BCUT2D eigenvalue weighted by Crippen LogP contribution is -2.52. The molecule has 4 rings (SSSR count). The van der Waals surface area contributed by atoms with Crippen LogP contribution in [0.4, 0.5) is 9.59 Å². The van der Waals surface area contributed by atoms with Gasteiger partial charge in [-0.05, 0) is 56.5 Å². The number of ether oxygens (including phenoxy) is 1. The zero-order valence-corrected chi connectivity index (χ0v) is 21.5. The molecule has 0 saturated carbocycles. The van der Waals surface area contributed by atoms with Crippen molar-refractivity contribution in [3.05, 3.63) is 59.2 Å². The molecule has 8 nitrogen and oxygen atoms in total. The van der Waals surface area contributed by atoms with Crippen molar-refractivity contribution in [1.29, 1.82) is 0 Å². The number of rotatable bonds is 2. The minimum Gasteiger partial charge on any atom is -0.444 e. The first-order chi connectivity index (χ1) is 16.6. The molecule has 35 heavy (non-hydrogen) atoms. The highest BCUT2D eigenvalue weighted by Crippen LogP contribution is 2.29. The lowest BCUT2D eigenvalue weighted by molar-refractivity contribution is -0.0855. The maximum atomic E-state index is 12.8. The number of hydrogen-bond acceptors (Lipinski definition) is 5.